The summed E-state index contributed by atoms with van der Waals surface area (Å²) in [5.74, 6) is 0.484. The first-order valence-corrected chi connectivity index (χ1v) is 14.0. The maximum Gasteiger partial charge on any atom is 0.410 e. The number of aryl methyl sites for hydroxylation is 1. The van der Waals surface area contributed by atoms with Gasteiger partial charge in [-0.3, -0.25) is 4.68 Å². The van der Waals surface area contributed by atoms with Crippen molar-refractivity contribution in [2.45, 2.75) is 45.3 Å². The van der Waals surface area contributed by atoms with Crippen LogP contribution in [0.3, 0.4) is 0 Å². The zero-order valence-corrected chi connectivity index (χ0v) is 24.4. The molecule has 3 aromatic heterocycles. The van der Waals surface area contributed by atoms with Crippen molar-refractivity contribution < 1.29 is 19.1 Å². The van der Waals surface area contributed by atoms with Crippen LogP contribution >= 0.6 is 11.3 Å². The minimum Gasteiger partial charge on any atom is -0.464 e. The van der Waals surface area contributed by atoms with Crippen LogP contribution in [0.5, 0.6) is 0 Å². The molecule has 1 aliphatic rings. The summed E-state index contributed by atoms with van der Waals surface area (Å²) in [4.78, 5) is 36.1. The van der Waals surface area contributed by atoms with Gasteiger partial charge in [-0.1, -0.05) is 29.5 Å². The van der Waals surface area contributed by atoms with Gasteiger partial charge in [0, 0.05) is 49.7 Å². The minimum absolute atomic E-state index is 0.0903. The van der Waals surface area contributed by atoms with E-state index < -0.39 is 11.6 Å². The molecule has 13 heteroatoms. The first kappa shape index (κ1) is 28.1. The number of rotatable bonds is 6. The summed E-state index contributed by atoms with van der Waals surface area (Å²) in [6.45, 7) is 6.64. The number of ether oxygens (including phenoxy) is 2. The Morgan fingerprint density at radius 1 is 1.12 bits per heavy atom. The van der Waals surface area contributed by atoms with Gasteiger partial charge in [0.15, 0.2) is 10.8 Å². The van der Waals surface area contributed by atoms with Gasteiger partial charge in [0.05, 0.1) is 18.9 Å². The van der Waals surface area contributed by atoms with Gasteiger partial charge in [-0.2, -0.15) is 5.10 Å². The fourth-order valence-electron chi connectivity index (χ4n) is 4.48. The number of nitrogens with one attached hydrogen (secondary N) is 1. The molecule has 0 spiro atoms. The van der Waals surface area contributed by atoms with E-state index >= 15 is 0 Å². The number of aromatic nitrogens is 6. The molecule has 5 rings (SSSR count). The molecule has 1 unspecified atom stereocenters. The van der Waals surface area contributed by atoms with Crippen LogP contribution in [0, 0.1) is 0 Å². The average Bonchev–Trinajstić information content (AvgIpc) is 3.62. The molecule has 4 heterocycles. The van der Waals surface area contributed by atoms with Crippen LogP contribution < -0.4 is 5.32 Å². The molecule has 0 aliphatic carbocycles. The monoisotopic (exact) mass is 576 g/mol. The minimum atomic E-state index is -0.578. The normalized spacial score (nSPS) is 15.4. The lowest BCUT2D eigenvalue weighted by atomic mass is 10.1. The Labute approximate surface area is 241 Å². The average molecular weight is 577 g/mol. The van der Waals surface area contributed by atoms with Crippen molar-refractivity contribution in [3.63, 3.8) is 0 Å². The molecule has 4 aromatic rings. The van der Waals surface area contributed by atoms with E-state index in [1.54, 1.807) is 15.8 Å². The van der Waals surface area contributed by atoms with Gasteiger partial charge in [0.1, 0.15) is 11.4 Å². The molecule has 1 atom stereocenters. The largest absolute Gasteiger partial charge is 0.464 e. The molecule has 1 N–H and O–H groups in total. The quantitative estimate of drug-likeness (QED) is 0.323. The van der Waals surface area contributed by atoms with Crippen molar-refractivity contribution in [3.8, 4) is 33.1 Å². The van der Waals surface area contributed by atoms with E-state index in [1.165, 1.54) is 7.11 Å². The highest BCUT2D eigenvalue weighted by atomic mass is 32.1. The van der Waals surface area contributed by atoms with E-state index in [9.17, 15) is 9.59 Å². The molecule has 1 aromatic carbocycles. The molecule has 1 aliphatic heterocycles. The summed E-state index contributed by atoms with van der Waals surface area (Å²) in [6.07, 6.45) is 6.73. The van der Waals surface area contributed by atoms with Crippen molar-refractivity contribution in [3.05, 3.63) is 47.9 Å². The second-order valence-electron chi connectivity index (χ2n) is 10.8. The number of piperidine rings is 1. The Hall–Kier alpha value is -4.39. The summed E-state index contributed by atoms with van der Waals surface area (Å²) in [6, 6.07) is 7.84. The first-order valence-electron chi connectivity index (χ1n) is 13.2. The van der Waals surface area contributed by atoms with Gasteiger partial charge in [-0.15, -0.1) is 10.2 Å². The predicted molar refractivity (Wildman–Crippen MR) is 154 cm³/mol. The molecule has 0 saturated carbocycles. The fourth-order valence-corrected chi connectivity index (χ4v) is 5.25. The van der Waals surface area contributed by atoms with Crippen LogP contribution in [-0.2, 0) is 16.5 Å². The van der Waals surface area contributed by atoms with Crippen molar-refractivity contribution >= 4 is 29.2 Å². The van der Waals surface area contributed by atoms with Crippen LogP contribution in [0.2, 0.25) is 0 Å². The number of carbonyl (C=O) groups excluding carboxylic acids is 2. The van der Waals surface area contributed by atoms with Gasteiger partial charge in [0.25, 0.3) is 0 Å². The topological polar surface area (TPSA) is 137 Å². The zero-order chi connectivity index (χ0) is 29.1. The maximum atomic E-state index is 12.8. The lowest BCUT2D eigenvalue weighted by Crippen LogP contribution is -2.47. The second-order valence-corrected chi connectivity index (χ2v) is 11.7. The summed E-state index contributed by atoms with van der Waals surface area (Å²) >= 11 is 1.10. The summed E-state index contributed by atoms with van der Waals surface area (Å²) < 4.78 is 12.2. The highest BCUT2D eigenvalue weighted by molar-refractivity contribution is 7.16. The molecule has 12 nitrogen and oxygen atoms in total. The molecule has 41 heavy (non-hydrogen) atoms. The lowest BCUT2D eigenvalue weighted by molar-refractivity contribution is 0.0206. The second kappa shape index (κ2) is 11.6. The van der Waals surface area contributed by atoms with Gasteiger partial charge in [0.2, 0.25) is 5.01 Å². The number of esters is 1. The molecule has 1 amide bonds. The Morgan fingerprint density at radius 3 is 2.66 bits per heavy atom. The van der Waals surface area contributed by atoms with Crippen LogP contribution in [0.15, 0.2) is 42.9 Å². The SMILES string of the molecule is COC(=O)c1nnc(-c2cnc(-c3cccc(-c4cnn(C)c4)c3)nc2NC2CCCN(C(=O)OC(C)(C)C)C2)s1. The number of amides is 1. The number of hydrogen-bond acceptors (Lipinski definition) is 11. The van der Waals surface area contributed by atoms with Crippen LogP contribution in [0.25, 0.3) is 33.1 Å². The molecule has 1 fully saturated rings. The third kappa shape index (κ3) is 6.68. The van der Waals surface area contributed by atoms with Crippen LogP contribution in [0.1, 0.15) is 43.4 Å². The smallest absolute Gasteiger partial charge is 0.410 e. The number of hydrogen-bond donors (Lipinski definition) is 1. The lowest BCUT2D eigenvalue weighted by Gasteiger charge is -2.34. The van der Waals surface area contributed by atoms with E-state index in [2.05, 4.69) is 25.6 Å². The van der Waals surface area contributed by atoms with Crippen molar-refractivity contribution in [2.75, 3.05) is 25.5 Å². The predicted octanol–water partition coefficient (Wildman–Crippen LogP) is 4.66. The standard InChI is InChI=1S/C28H32N8O4S/c1-28(2,3)40-27(38)36-11-7-10-20(16-36)31-23-21(24-33-34-25(41-24)26(37)39-5)14-29-22(32-23)18-9-6-8-17(12-18)19-13-30-35(4)15-19/h6,8-9,12-15,20H,7,10-11,16H2,1-5H3,(H,29,31,32). The summed E-state index contributed by atoms with van der Waals surface area (Å²) in [7, 11) is 3.18. The number of nitrogens with zero attached hydrogens (tertiary/aromatic N) is 7. The Kier molecular flexibility index (Phi) is 7.97. The number of likely N-dealkylation sites (tertiary alicyclic amines) is 1. The first-order chi connectivity index (χ1) is 19.6. The van der Waals surface area contributed by atoms with Gasteiger partial charge < -0.3 is 19.7 Å². The number of benzene rings is 1. The third-order valence-corrected chi connectivity index (χ3v) is 7.31. The van der Waals surface area contributed by atoms with E-state index in [4.69, 9.17) is 14.5 Å². The van der Waals surface area contributed by atoms with Crippen molar-refractivity contribution in [1.82, 2.24) is 34.8 Å². The van der Waals surface area contributed by atoms with Crippen LogP contribution in [0.4, 0.5) is 10.6 Å². The van der Waals surface area contributed by atoms with E-state index in [-0.39, 0.29) is 17.1 Å². The van der Waals surface area contributed by atoms with Crippen LogP contribution in [-0.4, -0.2) is 78.8 Å². The van der Waals surface area contributed by atoms with E-state index in [1.807, 2.05) is 64.5 Å². The molecular formula is C28H32N8O4S. The molecule has 0 radical (unpaired) electrons. The number of carbonyl (C=O) groups is 2. The third-order valence-electron chi connectivity index (χ3n) is 6.38. The highest BCUT2D eigenvalue weighted by Gasteiger charge is 2.29. The highest BCUT2D eigenvalue weighted by Crippen LogP contribution is 2.33. The Bertz CT molecular complexity index is 1560. The van der Waals surface area contributed by atoms with E-state index in [0.29, 0.717) is 35.3 Å². The molecule has 214 valence electrons. The summed E-state index contributed by atoms with van der Waals surface area (Å²) in [5.41, 5.74) is 2.82. The van der Waals surface area contributed by atoms with Crippen molar-refractivity contribution in [2.24, 2.45) is 7.05 Å². The van der Waals surface area contributed by atoms with Gasteiger partial charge in [-0.05, 0) is 45.2 Å². The number of anilines is 1. The summed E-state index contributed by atoms with van der Waals surface area (Å²) in [5, 5.41) is 16.6. The Balaban J connectivity index is 1.47. The zero-order valence-electron chi connectivity index (χ0n) is 23.6. The molecule has 0 bridgehead atoms. The van der Waals surface area contributed by atoms with Gasteiger partial charge in [-0.25, -0.2) is 19.6 Å². The number of methoxy groups -OCH3 is 1. The van der Waals surface area contributed by atoms with Gasteiger partial charge >= 0.3 is 12.1 Å². The molecule has 1 saturated heterocycles. The maximum absolute atomic E-state index is 12.8. The molecular weight excluding hydrogens is 544 g/mol. The fraction of sp³-hybridized carbons (Fsp3) is 0.393. The van der Waals surface area contributed by atoms with E-state index in [0.717, 1.165) is 40.9 Å². The Morgan fingerprint density at radius 2 is 1.93 bits per heavy atom. The van der Waals surface area contributed by atoms with Crippen molar-refractivity contribution in [1.29, 1.82) is 0 Å².